The molecule has 1 aliphatic rings. The van der Waals surface area contributed by atoms with Crippen LogP contribution in [-0.2, 0) is 10.0 Å². The van der Waals surface area contributed by atoms with Crippen LogP contribution in [0.3, 0.4) is 0 Å². The summed E-state index contributed by atoms with van der Waals surface area (Å²) in [6, 6.07) is 4.76. The van der Waals surface area contributed by atoms with Gasteiger partial charge in [-0.3, -0.25) is 4.79 Å². The van der Waals surface area contributed by atoms with Crippen LogP contribution in [0.15, 0.2) is 23.1 Å². The number of carbonyl (C=O) groups excluding carboxylic acids is 1. The van der Waals surface area contributed by atoms with E-state index in [1.807, 2.05) is 6.92 Å². The second kappa shape index (κ2) is 7.42. The molecule has 0 spiro atoms. The van der Waals surface area contributed by atoms with E-state index in [1.165, 1.54) is 12.1 Å². The van der Waals surface area contributed by atoms with Crippen molar-refractivity contribution in [1.82, 2.24) is 15.4 Å². The standard InChI is InChI=1S/C16H25N3O3S/c1-4-18-23(21,22)13-6-5-11(2)14(9-13)16(20)19-15-7-8-17-10-12(15)3/h5-6,9,12,15,17-18H,4,7-8,10H2,1-3H3,(H,19,20). The van der Waals surface area contributed by atoms with Gasteiger partial charge < -0.3 is 10.6 Å². The Morgan fingerprint density at radius 2 is 2.13 bits per heavy atom. The van der Waals surface area contributed by atoms with Gasteiger partial charge >= 0.3 is 0 Å². The minimum Gasteiger partial charge on any atom is -0.349 e. The Balaban J connectivity index is 2.22. The zero-order chi connectivity index (χ0) is 17.0. The quantitative estimate of drug-likeness (QED) is 0.747. The molecule has 128 valence electrons. The summed E-state index contributed by atoms with van der Waals surface area (Å²) in [5, 5.41) is 6.34. The van der Waals surface area contributed by atoms with Gasteiger partial charge in [-0.25, -0.2) is 13.1 Å². The maximum absolute atomic E-state index is 12.6. The van der Waals surface area contributed by atoms with Crippen molar-refractivity contribution >= 4 is 15.9 Å². The van der Waals surface area contributed by atoms with E-state index in [0.29, 0.717) is 18.0 Å². The summed E-state index contributed by atoms with van der Waals surface area (Å²) in [4.78, 5) is 12.7. The third kappa shape index (κ3) is 4.31. The molecular formula is C16H25N3O3S. The van der Waals surface area contributed by atoms with Gasteiger partial charge in [0.25, 0.3) is 5.91 Å². The molecule has 0 bridgehead atoms. The topological polar surface area (TPSA) is 87.3 Å². The molecule has 3 N–H and O–H groups in total. The summed E-state index contributed by atoms with van der Waals surface area (Å²) in [6.07, 6.45) is 0.876. The van der Waals surface area contributed by atoms with E-state index in [0.717, 1.165) is 25.1 Å². The average molecular weight is 339 g/mol. The zero-order valence-corrected chi connectivity index (χ0v) is 14.7. The van der Waals surface area contributed by atoms with Crippen molar-refractivity contribution in [1.29, 1.82) is 0 Å². The van der Waals surface area contributed by atoms with Crippen molar-refractivity contribution < 1.29 is 13.2 Å². The van der Waals surface area contributed by atoms with Gasteiger partial charge in [0.05, 0.1) is 4.90 Å². The second-order valence-electron chi connectivity index (χ2n) is 6.03. The third-order valence-corrected chi connectivity index (χ3v) is 5.74. The highest BCUT2D eigenvalue weighted by molar-refractivity contribution is 7.89. The van der Waals surface area contributed by atoms with Gasteiger partial charge in [0.15, 0.2) is 0 Å². The summed E-state index contributed by atoms with van der Waals surface area (Å²) >= 11 is 0. The first-order valence-corrected chi connectivity index (χ1v) is 9.45. The summed E-state index contributed by atoms with van der Waals surface area (Å²) in [5.74, 6) is 0.136. The lowest BCUT2D eigenvalue weighted by molar-refractivity contribution is 0.0913. The van der Waals surface area contributed by atoms with Crippen LogP contribution < -0.4 is 15.4 Å². The molecule has 1 aliphatic heterocycles. The van der Waals surface area contributed by atoms with E-state index in [1.54, 1.807) is 13.0 Å². The smallest absolute Gasteiger partial charge is 0.251 e. The average Bonchev–Trinajstić information content (AvgIpc) is 2.49. The number of aryl methyl sites for hydroxylation is 1. The zero-order valence-electron chi connectivity index (χ0n) is 13.8. The molecule has 1 amide bonds. The Bertz CT molecular complexity index is 673. The van der Waals surface area contributed by atoms with Gasteiger partial charge in [0.2, 0.25) is 10.0 Å². The highest BCUT2D eigenvalue weighted by atomic mass is 32.2. The number of piperidine rings is 1. The molecule has 1 fully saturated rings. The molecule has 7 heteroatoms. The highest BCUT2D eigenvalue weighted by Gasteiger charge is 2.24. The Labute approximate surface area is 138 Å². The molecule has 1 aromatic rings. The molecule has 1 aromatic carbocycles. The molecule has 2 unspecified atom stereocenters. The number of carbonyl (C=O) groups is 1. The van der Waals surface area contributed by atoms with Crippen LogP contribution in [0.2, 0.25) is 0 Å². The van der Waals surface area contributed by atoms with E-state index in [-0.39, 0.29) is 16.8 Å². The lowest BCUT2D eigenvalue weighted by Gasteiger charge is -2.30. The molecule has 1 saturated heterocycles. The van der Waals surface area contributed by atoms with Crippen molar-refractivity contribution in [3.8, 4) is 0 Å². The molecule has 0 saturated carbocycles. The Hall–Kier alpha value is -1.44. The van der Waals surface area contributed by atoms with E-state index >= 15 is 0 Å². The monoisotopic (exact) mass is 339 g/mol. The summed E-state index contributed by atoms with van der Waals surface area (Å²) < 4.78 is 26.7. The van der Waals surface area contributed by atoms with Crippen LogP contribution in [0.1, 0.15) is 36.2 Å². The van der Waals surface area contributed by atoms with Crippen molar-refractivity contribution in [3.63, 3.8) is 0 Å². The molecular weight excluding hydrogens is 314 g/mol. The summed E-state index contributed by atoms with van der Waals surface area (Å²) in [7, 11) is -3.57. The van der Waals surface area contributed by atoms with Crippen LogP contribution in [0, 0.1) is 12.8 Å². The van der Waals surface area contributed by atoms with Gasteiger partial charge in [-0.15, -0.1) is 0 Å². The van der Waals surface area contributed by atoms with Crippen molar-refractivity contribution in [3.05, 3.63) is 29.3 Å². The Morgan fingerprint density at radius 3 is 2.78 bits per heavy atom. The number of benzene rings is 1. The first kappa shape index (κ1) is 17.9. The number of nitrogens with one attached hydrogen (secondary N) is 3. The van der Waals surface area contributed by atoms with E-state index in [9.17, 15) is 13.2 Å². The van der Waals surface area contributed by atoms with Gasteiger partial charge in [-0.1, -0.05) is 19.9 Å². The SMILES string of the molecule is CCNS(=O)(=O)c1ccc(C)c(C(=O)NC2CCNCC2C)c1. The molecule has 0 aromatic heterocycles. The summed E-state index contributed by atoms with van der Waals surface area (Å²) in [5.41, 5.74) is 1.18. The molecule has 2 rings (SSSR count). The molecule has 1 heterocycles. The maximum atomic E-state index is 12.6. The third-order valence-electron chi connectivity index (χ3n) is 4.20. The summed E-state index contributed by atoms with van der Waals surface area (Å²) in [6.45, 7) is 7.69. The Morgan fingerprint density at radius 1 is 1.39 bits per heavy atom. The molecule has 0 radical (unpaired) electrons. The molecule has 2 atom stereocenters. The second-order valence-corrected chi connectivity index (χ2v) is 7.80. The van der Waals surface area contributed by atoms with Crippen molar-refractivity contribution in [2.24, 2.45) is 5.92 Å². The fraction of sp³-hybridized carbons (Fsp3) is 0.562. The first-order chi connectivity index (χ1) is 10.8. The predicted octanol–water partition coefficient (Wildman–Crippen LogP) is 1.02. The van der Waals surface area contributed by atoms with Crippen LogP contribution in [0.25, 0.3) is 0 Å². The molecule has 23 heavy (non-hydrogen) atoms. The van der Waals surface area contributed by atoms with E-state index < -0.39 is 10.0 Å². The fourth-order valence-corrected chi connectivity index (χ4v) is 3.83. The fourth-order valence-electron chi connectivity index (χ4n) is 2.76. The van der Waals surface area contributed by atoms with Crippen LogP contribution in [-0.4, -0.2) is 40.0 Å². The lowest BCUT2D eigenvalue weighted by Crippen LogP contribution is -2.48. The number of hydrogen-bond donors (Lipinski definition) is 3. The van der Waals surface area contributed by atoms with Crippen molar-refractivity contribution in [2.45, 2.75) is 38.1 Å². The molecule has 6 nitrogen and oxygen atoms in total. The Kier molecular flexibility index (Phi) is 5.78. The number of sulfonamides is 1. The van der Waals surface area contributed by atoms with Crippen LogP contribution in [0.5, 0.6) is 0 Å². The highest BCUT2D eigenvalue weighted by Crippen LogP contribution is 2.17. The lowest BCUT2D eigenvalue weighted by atomic mass is 9.95. The van der Waals surface area contributed by atoms with E-state index in [4.69, 9.17) is 0 Å². The number of amides is 1. The first-order valence-electron chi connectivity index (χ1n) is 7.97. The van der Waals surface area contributed by atoms with E-state index in [2.05, 4.69) is 22.3 Å². The van der Waals surface area contributed by atoms with Crippen LogP contribution >= 0.6 is 0 Å². The van der Waals surface area contributed by atoms with Gasteiger partial charge in [-0.05, 0) is 50.0 Å². The minimum absolute atomic E-state index is 0.109. The maximum Gasteiger partial charge on any atom is 0.251 e. The minimum atomic E-state index is -3.57. The van der Waals surface area contributed by atoms with Gasteiger partial charge in [0.1, 0.15) is 0 Å². The number of rotatable bonds is 5. The largest absolute Gasteiger partial charge is 0.349 e. The molecule has 0 aliphatic carbocycles. The number of hydrogen-bond acceptors (Lipinski definition) is 4. The van der Waals surface area contributed by atoms with Crippen LogP contribution in [0.4, 0.5) is 0 Å². The predicted molar refractivity (Wildman–Crippen MR) is 89.9 cm³/mol. The van der Waals surface area contributed by atoms with Gasteiger partial charge in [-0.2, -0.15) is 0 Å². The van der Waals surface area contributed by atoms with Crippen molar-refractivity contribution in [2.75, 3.05) is 19.6 Å². The normalized spacial score (nSPS) is 21.9. The van der Waals surface area contributed by atoms with Gasteiger partial charge in [0, 0.05) is 18.2 Å².